The molecule has 3 nitrogen and oxygen atoms in total. The molecule has 4 heteroatoms. The van der Waals surface area contributed by atoms with Crippen molar-refractivity contribution in [2.45, 2.75) is 38.8 Å². The highest BCUT2D eigenvalue weighted by molar-refractivity contribution is 7.67. The number of carbonyl (C=O) groups excluding carboxylic acids is 1. The van der Waals surface area contributed by atoms with E-state index in [-0.39, 0.29) is 16.4 Å². The summed E-state index contributed by atoms with van der Waals surface area (Å²) in [5.74, 6) is 0.186. The second kappa shape index (κ2) is 3.19. The average Bonchev–Trinajstić information content (AvgIpc) is 2.91. The Balaban J connectivity index is 2.17. The molecule has 15 heavy (non-hydrogen) atoms. The Kier molecular flexibility index (Phi) is 2.42. The zero-order chi connectivity index (χ0) is 11.3. The molecule has 1 saturated heterocycles. The highest BCUT2D eigenvalue weighted by atomic mass is 31.2. The number of hydrogen-bond acceptors (Lipinski definition) is 3. The second-order valence-electron chi connectivity index (χ2n) is 5.47. The van der Waals surface area contributed by atoms with E-state index in [1.807, 2.05) is 0 Å². The second-order valence-corrected chi connectivity index (χ2v) is 8.19. The lowest BCUT2D eigenvalue weighted by atomic mass is 9.97. The Labute approximate surface area is 91.3 Å². The molecule has 0 aromatic heterocycles. The predicted octanol–water partition coefficient (Wildman–Crippen LogP) is 2.46. The molecule has 0 atom stereocenters. The van der Waals surface area contributed by atoms with E-state index in [1.54, 1.807) is 6.92 Å². The van der Waals surface area contributed by atoms with Crippen LogP contribution in [0.1, 0.15) is 33.6 Å². The summed E-state index contributed by atoms with van der Waals surface area (Å²) in [6.45, 7) is 7.14. The van der Waals surface area contributed by atoms with Crippen LogP contribution < -0.4 is 0 Å². The predicted molar refractivity (Wildman–Crippen MR) is 62.4 cm³/mol. The van der Waals surface area contributed by atoms with Gasteiger partial charge in [-0.15, -0.1) is 0 Å². The Bertz CT molecular complexity index is 328. The molecule has 0 spiro atoms. The number of Topliss-reactive ketones (excluding diaryl/α,β-unsaturated/α-hetero) is 1. The van der Waals surface area contributed by atoms with Crippen LogP contribution in [0.25, 0.3) is 0 Å². The van der Waals surface area contributed by atoms with Crippen molar-refractivity contribution < 1.29 is 13.8 Å². The number of ketones is 1. The van der Waals surface area contributed by atoms with E-state index < -0.39 is 7.34 Å². The first-order valence-corrected chi connectivity index (χ1v) is 7.16. The molecule has 86 valence electrons. The van der Waals surface area contributed by atoms with Gasteiger partial charge in [0.1, 0.15) is 13.1 Å². The standard InChI is InChI=1S/C11H19O3P/c1-9(12)11(5-6-11)15(4)13-7-10(2,3)8-14-15/h4-8H2,1-3H3. The lowest BCUT2D eigenvalue weighted by molar-refractivity contribution is -0.117. The van der Waals surface area contributed by atoms with E-state index in [4.69, 9.17) is 9.05 Å². The molecule has 0 aromatic rings. The van der Waals surface area contributed by atoms with Gasteiger partial charge in [0.2, 0.25) is 0 Å². The Hall–Kier alpha value is -0.110. The lowest BCUT2D eigenvalue weighted by Gasteiger charge is -2.41. The molecule has 1 heterocycles. The molecule has 2 aliphatic rings. The zero-order valence-electron chi connectivity index (χ0n) is 9.71. The third-order valence-corrected chi connectivity index (χ3v) is 6.52. The third-order valence-electron chi connectivity index (χ3n) is 3.36. The van der Waals surface area contributed by atoms with Crippen LogP contribution in [-0.4, -0.2) is 30.5 Å². The molecule has 0 bridgehead atoms. The van der Waals surface area contributed by atoms with Gasteiger partial charge in [-0.05, 0) is 19.8 Å². The zero-order valence-corrected chi connectivity index (χ0v) is 10.6. The van der Waals surface area contributed by atoms with Gasteiger partial charge in [0.15, 0.2) is 0 Å². The summed E-state index contributed by atoms with van der Waals surface area (Å²) >= 11 is 0. The molecule has 1 aliphatic carbocycles. The van der Waals surface area contributed by atoms with Crippen LogP contribution in [-0.2, 0) is 13.8 Å². The van der Waals surface area contributed by atoms with Crippen LogP contribution in [0, 0.1) is 5.41 Å². The smallest absolute Gasteiger partial charge is 0.144 e. The summed E-state index contributed by atoms with van der Waals surface area (Å²) in [5, 5.41) is -0.358. The largest absolute Gasteiger partial charge is 0.336 e. The van der Waals surface area contributed by atoms with Crippen LogP contribution in [0.15, 0.2) is 0 Å². The number of carbonyl (C=O) groups is 1. The Morgan fingerprint density at radius 1 is 1.27 bits per heavy atom. The van der Waals surface area contributed by atoms with Crippen LogP contribution >= 0.6 is 7.34 Å². The topological polar surface area (TPSA) is 35.5 Å². The summed E-state index contributed by atoms with van der Waals surface area (Å²) in [6, 6.07) is 0. The SMILES string of the molecule is C=P1(C2(C(C)=O)CC2)OCC(C)(C)CO1. The van der Waals surface area contributed by atoms with E-state index in [1.165, 1.54) is 0 Å². The van der Waals surface area contributed by atoms with Crippen LogP contribution in [0.4, 0.5) is 0 Å². The highest BCUT2D eigenvalue weighted by Gasteiger charge is 2.60. The van der Waals surface area contributed by atoms with Gasteiger partial charge < -0.3 is 9.05 Å². The maximum absolute atomic E-state index is 11.6. The average molecular weight is 230 g/mol. The summed E-state index contributed by atoms with van der Waals surface area (Å²) < 4.78 is 11.7. The van der Waals surface area contributed by atoms with Gasteiger partial charge in [0, 0.05) is 5.41 Å². The van der Waals surface area contributed by atoms with Crippen molar-refractivity contribution in [3.8, 4) is 0 Å². The first-order chi connectivity index (χ1) is 6.81. The molecule has 0 radical (unpaired) electrons. The summed E-state index contributed by atoms with van der Waals surface area (Å²) in [5.41, 5.74) is 0.0497. The maximum Gasteiger partial charge on any atom is 0.144 e. The molecule has 0 aromatic carbocycles. The molecule has 0 N–H and O–H groups in total. The molecule has 2 fully saturated rings. The fourth-order valence-electron chi connectivity index (χ4n) is 1.94. The van der Waals surface area contributed by atoms with Crippen molar-refractivity contribution in [2.75, 3.05) is 13.2 Å². The first kappa shape index (κ1) is 11.4. The molecule has 1 saturated carbocycles. The molecule has 2 rings (SSSR count). The minimum Gasteiger partial charge on any atom is -0.336 e. The lowest BCUT2D eigenvalue weighted by Crippen LogP contribution is -2.35. The summed E-state index contributed by atoms with van der Waals surface area (Å²) in [6.07, 6.45) is 5.87. The van der Waals surface area contributed by atoms with E-state index >= 15 is 0 Å². The molecular formula is C11H19O3P. The van der Waals surface area contributed by atoms with Crippen molar-refractivity contribution in [3.05, 3.63) is 0 Å². The normalized spacial score (nSPS) is 30.9. The fraction of sp³-hybridized carbons (Fsp3) is 0.818. The van der Waals surface area contributed by atoms with Crippen LogP contribution in [0.3, 0.4) is 0 Å². The number of rotatable bonds is 2. The van der Waals surface area contributed by atoms with Gasteiger partial charge in [-0.25, -0.2) is 0 Å². The molecule has 1 aliphatic heterocycles. The molecule has 0 amide bonds. The minimum absolute atomic E-state index is 0.0497. The first-order valence-electron chi connectivity index (χ1n) is 5.35. The third kappa shape index (κ3) is 1.71. The Morgan fingerprint density at radius 3 is 2.07 bits per heavy atom. The van der Waals surface area contributed by atoms with Crippen molar-refractivity contribution in [1.82, 2.24) is 0 Å². The monoisotopic (exact) mass is 230 g/mol. The maximum atomic E-state index is 11.6. The van der Waals surface area contributed by atoms with Gasteiger partial charge >= 0.3 is 0 Å². The van der Waals surface area contributed by atoms with E-state index in [9.17, 15) is 4.79 Å². The molecule has 0 unspecified atom stereocenters. The highest BCUT2D eigenvalue weighted by Crippen LogP contribution is 2.72. The van der Waals surface area contributed by atoms with Gasteiger partial charge in [0.05, 0.1) is 18.4 Å². The van der Waals surface area contributed by atoms with E-state index in [0.29, 0.717) is 13.2 Å². The fourth-order valence-corrected chi connectivity index (χ4v) is 4.89. The van der Waals surface area contributed by atoms with Crippen LogP contribution in [0.2, 0.25) is 0 Å². The van der Waals surface area contributed by atoms with Gasteiger partial charge in [0.25, 0.3) is 0 Å². The summed E-state index contributed by atoms with van der Waals surface area (Å²) in [4.78, 5) is 11.6. The Morgan fingerprint density at radius 2 is 1.73 bits per heavy atom. The number of hydrogen-bond donors (Lipinski definition) is 0. The minimum atomic E-state index is -2.19. The van der Waals surface area contributed by atoms with E-state index in [2.05, 4.69) is 20.1 Å². The van der Waals surface area contributed by atoms with Crippen molar-refractivity contribution in [1.29, 1.82) is 0 Å². The van der Waals surface area contributed by atoms with E-state index in [0.717, 1.165) is 12.8 Å². The van der Waals surface area contributed by atoms with Gasteiger partial charge in [-0.3, -0.25) is 4.79 Å². The summed E-state index contributed by atoms with van der Waals surface area (Å²) in [7, 11) is -2.19. The van der Waals surface area contributed by atoms with Crippen molar-refractivity contribution in [3.63, 3.8) is 0 Å². The quantitative estimate of drug-likeness (QED) is 0.683. The van der Waals surface area contributed by atoms with Gasteiger partial charge in [-0.2, -0.15) is 0 Å². The van der Waals surface area contributed by atoms with Crippen LogP contribution in [0.5, 0.6) is 0 Å². The molecular weight excluding hydrogens is 211 g/mol. The van der Waals surface area contributed by atoms with Gasteiger partial charge in [-0.1, -0.05) is 20.1 Å². The van der Waals surface area contributed by atoms with Crippen molar-refractivity contribution >= 4 is 19.4 Å². The van der Waals surface area contributed by atoms with Crippen molar-refractivity contribution in [2.24, 2.45) is 5.41 Å².